The van der Waals surface area contributed by atoms with Crippen molar-refractivity contribution in [3.63, 3.8) is 0 Å². The van der Waals surface area contributed by atoms with Gasteiger partial charge in [0.2, 0.25) is 10.0 Å². The fourth-order valence-corrected chi connectivity index (χ4v) is 2.22. The van der Waals surface area contributed by atoms with Crippen LogP contribution in [0.1, 0.15) is 26.2 Å². The van der Waals surface area contributed by atoms with Crippen LogP contribution in [-0.2, 0) is 10.0 Å². The Bertz CT molecular complexity index is 291. The lowest BCUT2D eigenvalue weighted by molar-refractivity contribution is -0.121. The van der Waals surface area contributed by atoms with Gasteiger partial charge in [0, 0.05) is 0 Å². The average Bonchev–Trinajstić information content (AvgIpc) is 2.20. The van der Waals surface area contributed by atoms with Crippen LogP contribution in [0.3, 0.4) is 0 Å². The van der Waals surface area contributed by atoms with E-state index in [4.69, 9.17) is 0 Å². The normalized spacial score (nSPS) is 12.9. The van der Waals surface area contributed by atoms with E-state index in [0.29, 0.717) is 19.4 Å². The minimum Gasteiger partial charge on any atom is -0.317 e. The third-order valence-corrected chi connectivity index (χ3v) is 3.35. The molecule has 0 saturated carbocycles. The van der Waals surface area contributed by atoms with Crippen molar-refractivity contribution in [1.82, 2.24) is 10.0 Å². The summed E-state index contributed by atoms with van der Waals surface area (Å²) >= 11 is 0. The van der Waals surface area contributed by atoms with E-state index in [-0.39, 0.29) is 5.75 Å². The van der Waals surface area contributed by atoms with Gasteiger partial charge in [-0.15, -0.1) is 0 Å². The van der Waals surface area contributed by atoms with Crippen LogP contribution in [-0.4, -0.2) is 40.0 Å². The molecule has 0 saturated heterocycles. The molecular formula is C9H19F3N2O2S. The second-order valence-electron chi connectivity index (χ2n) is 3.71. The summed E-state index contributed by atoms with van der Waals surface area (Å²) in [4.78, 5) is 0. The van der Waals surface area contributed by atoms with Crippen molar-refractivity contribution in [2.45, 2.75) is 32.4 Å². The summed E-state index contributed by atoms with van der Waals surface area (Å²) in [6, 6.07) is 0. The van der Waals surface area contributed by atoms with Crippen LogP contribution < -0.4 is 10.0 Å². The first-order valence-corrected chi connectivity index (χ1v) is 7.17. The van der Waals surface area contributed by atoms with Crippen molar-refractivity contribution < 1.29 is 21.6 Å². The molecule has 0 heterocycles. The highest BCUT2D eigenvalue weighted by Crippen LogP contribution is 2.12. The number of halogens is 3. The zero-order valence-corrected chi connectivity index (χ0v) is 10.6. The second-order valence-corrected chi connectivity index (χ2v) is 5.64. The maximum absolute atomic E-state index is 11.8. The minimum absolute atomic E-state index is 0.267. The molecule has 104 valence electrons. The lowest BCUT2D eigenvalue weighted by Gasteiger charge is -2.09. The molecule has 0 aliphatic heterocycles. The highest BCUT2D eigenvalue weighted by Gasteiger charge is 2.29. The fraction of sp³-hybridized carbons (Fsp3) is 1.00. The minimum atomic E-state index is -4.50. The van der Waals surface area contributed by atoms with Crippen LogP contribution in [0.2, 0.25) is 0 Å². The standard InChI is InChI=1S/C9H19F3N2O2S/c1-2-5-13-6-3-4-7-17(15,16)14-8-9(10,11)12/h13-14H,2-8H2,1H3. The Labute approximate surface area is 100 Å². The van der Waals surface area contributed by atoms with Gasteiger partial charge < -0.3 is 5.32 Å². The maximum atomic E-state index is 11.8. The van der Waals surface area contributed by atoms with Crippen molar-refractivity contribution in [1.29, 1.82) is 0 Å². The van der Waals surface area contributed by atoms with Crippen LogP contribution in [0.15, 0.2) is 0 Å². The molecule has 4 nitrogen and oxygen atoms in total. The average molecular weight is 276 g/mol. The molecular weight excluding hydrogens is 257 g/mol. The van der Waals surface area contributed by atoms with Crippen LogP contribution >= 0.6 is 0 Å². The van der Waals surface area contributed by atoms with Gasteiger partial charge in [0.25, 0.3) is 0 Å². The highest BCUT2D eigenvalue weighted by molar-refractivity contribution is 7.89. The predicted molar refractivity (Wildman–Crippen MR) is 60.2 cm³/mol. The summed E-state index contributed by atoms with van der Waals surface area (Å²) in [7, 11) is -3.81. The number of hydrogen-bond donors (Lipinski definition) is 2. The third kappa shape index (κ3) is 11.9. The Hall–Kier alpha value is -0.340. The van der Waals surface area contributed by atoms with Gasteiger partial charge in [-0.2, -0.15) is 13.2 Å². The maximum Gasteiger partial charge on any atom is 0.402 e. The fourth-order valence-electron chi connectivity index (χ4n) is 1.11. The van der Waals surface area contributed by atoms with E-state index in [0.717, 1.165) is 13.0 Å². The molecule has 0 fully saturated rings. The SMILES string of the molecule is CCCNCCCCS(=O)(=O)NCC(F)(F)F. The Morgan fingerprint density at radius 3 is 2.29 bits per heavy atom. The summed E-state index contributed by atoms with van der Waals surface area (Å²) in [5.74, 6) is -0.267. The first-order valence-electron chi connectivity index (χ1n) is 5.51. The van der Waals surface area contributed by atoms with Crippen LogP contribution in [0, 0.1) is 0 Å². The topological polar surface area (TPSA) is 58.2 Å². The van der Waals surface area contributed by atoms with Gasteiger partial charge in [-0.25, -0.2) is 13.1 Å². The molecule has 0 unspecified atom stereocenters. The molecule has 2 N–H and O–H groups in total. The lowest BCUT2D eigenvalue weighted by atomic mass is 10.3. The van der Waals surface area contributed by atoms with E-state index in [1.807, 2.05) is 6.92 Å². The van der Waals surface area contributed by atoms with Crippen molar-refractivity contribution in [2.75, 3.05) is 25.4 Å². The molecule has 0 rings (SSSR count). The molecule has 0 aliphatic rings. The second kappa shape index (κ2) is 7.88. The molecule has 0 aromatic heterocycles. The van der Waals surface area contributed by atoms with E-state index in [9.17, 15) is 21.6 Å². The summed E-state index contributed by atoms with van der Waals surface area (Å²) in [6.45, 7) is 2.06. The number of hydrogen-bond acceptors (Lipinski definition) is 3. The number of nitrogens with one attached hydrogen (secondary N) is 2. The molecule has 0 radical (unpaired) electrons. The van der Waals surface area contributed by atoms with Gasteiger partial charge in [0.1, 0.15) is 6.54 Å². The number of sulfonamides is 1. The van der Waals surface area contributed by atoms with E-state index in [1.165, 1.54) is 4.72 Å². The number of unbranched alkanes of at least 4 members (excludes halogenated alkanes) is 1. The summed E-state index contributed by atoms with van der Waals surface area (Å²) in [6.07, 6.45) is -2.53. The van der Waals surface area contributed by atoms with Crippen LogP contribution in [0.5, 0.6) is 0 Å². The van der Waals surface area contributed by atoms with Gasteiger partial charge in [-0.1, -0.05) is 6.92 Å². The zero-order chi connectivity index (χ0) is 13.4. The van der Waals surface area contributed by atoms with Gasteiger partial charge >= 0.3 is 6.18 Å². The van der Waals surface area contributed by atoms with Gasteiger partial charge in [-0.05, 0) is 32.4 Å². The van der Waals surface area contributed by atoms with Crippen molar-refractivity contribution in [3.8, 4) is 0 Å². The van der Waals surface area contributed by atoms with Gasteiger partial charge in [-0.3, -0.25) is 0 Å². The summed E-state index contributed by atoms with van der Waals surface area (Å²) < 4.78 is 59.1. The van der Waals surface area contributed by atoms with Gasteiger partial charge in [0.15, 0.2) is 0 Å². The molecule has 0 aliphatic carbocycles. The quantitative estimate of drug-likeness (QED) is 0.623. The largest absolute Gasteiger partial charge is 0.402 e. The van der Waals surface area contributed by atoms with Gasteiger partial charge in [0.05, 0.1) is 5.75 Å². The van der Waals surface area contributed by atoms with Crippen molar-refractivity contribution in [3.05, 3.63) is 0 Å². The molecule has 0 spiro atoms. The lowest BCUT2D eigenvalue weighted by Crippen LogP contribution is -2.35. The Kier molecular flexibility index (Phi) is 7.73. The molecule has 0 aromatic carbocycles. The summed E-state index contributed by atoms with van der Waals surface area (Å²) in [5, 5.41) is 3.08. The third-order valence-electron chi connectivity index (χ3n) is 1.94. The first-order chi connectivity index (χ1) is 7.77. The smallest absolute Gasteiger partial charge is 0.317 e. The molecule has 0 bridgehead atoms. The first kappa shape index (κ1) is 16.7. The summed E-state index contributed by atoms with van der Waals surface area (Å²) in [5.41, 5.74) is 0. The van der Waals surface area contributed by atoms with Crippen molar-refractivity contribution >= 4 is 10.0 Å². The Balaban J connectivity index is 3.65. The highest BCUT2D eigenvalue weighted by atomic mass is 32.2. The molecule has 17 heavy (non-hydrogen) atoms. The van der Waals surface area contributed by atoms with E-state index >= 15 is 0 Å². The van der Waals surface area contributed by atoms with E-state index < -0.39 is 22.7 Å². The monoisotopic (exact) mass is 276 g/mol. The van der Waals surface area contributed by atoms with E-state index in [2.05, 4.69) is 5.32 Å². The molecule has 0 amide bonds. The Morgan fingerprint density at radius 2 is 1.76 bits per heavy atom. The molecule has 0 aromatic rings. The molecule has 8 heteroatoms. The molecule has 0 atom stereocenters. The number of alkyl halides is 3. The zero-order valence-electron chi connectivity index (χ0n) is 9.81. The van der Waals surface area contributed by atoms with Crippen LogP contribution in [0.25, 0.3) is 0 Å². The predicted octanol–water partition coefficient (Wildman–Crippen LogP) is 1.25. The Morgan fingerprint density at radius 1 is 1.12 bits per heavy atom. The van der Waals surface area contributed by atoms with E-state index in [1.54, 1.807) is 0 Å². The number of rotatable bonds is 9. The van der Waals surface area contributed by atoms with Crippen molar-refractivity contribution in [2.24, 2.45) is 0 Å². The van der Waals surface area contributed by atoms with Crippen LogP contribution in [0.4, 0.5) is 13.2 Å².